The van der Waals surface area contributed by atoms with Gasteiger partial charge in [0.1, 0.15) is 0 Å². The lowest BCUT2D eigenvalue weighted by molar-refractivity contribution is -0.147. The highest BCUT2D eigenvalue weighted by Crippen LogP contribution is 2.29. The van der Waals surface area contributed by atoms with E-state index >= 15 is 0 Å². The summed E-state index contributed by atoms with van der Waals surface area (Å²) >= 11 is 0.864. The number of azo groups is 1. The second kappa shape index (κ2) is 8.86. The minimum atomic E-state index is -4.59. The molecule has 0 atom stereocenters. The predicted octanol–water partition coefficient (Wildman–Crippen LogP) is 4.98. The van der Waals surface area contributed by atoms with E-state index in [4.69, 9.17) is 0 Å². The van der Waals surface area contributed by atoms with Gasteiger partial charge in [0.2, 0.25) is 11.7 Å². The first-order chi connectivity index (χ1) is 13.8. The first-order valence-electron chi connectivity index (χ1n) is 8.29. The molecule has 0 saturated heterocycles. The summed E-state index contributed by atoms with van der Waals surface area (Å²) in [6, 6.07) is 15.9. The van der Waals surface area contributed by atoms with E-state index in [0.29, 0.717) is 11.4 Å². The van der Waals surface area contributed by atoms with E-state index in [1.165, 1.54) is 7.05 Å². The quantitative estimate of drug-likeness (QED) is 0.450. The summed E-state index contributed by atoms with van der Waals surface area (Å²) in [4.78, 5) is 12.0. The lowest BCUT2D eigenvalue weighted by Crippen LogP contribution is -2.15. The molecular formula is C18H15F3N6OS. The van der Waals surface area contributed by atoms with Crippen LogP contribution >= 0.6 is 11.8 Å². The molecule has 29 heavy (non-hydrogen) atoms. The second-order valence-electron chi connectivity index (χ2n) is 5.78. The molecule has 7 nitrogen and oxygen atoms in total. The standard InChI is InChI=1S/C18H15F3N6OS/c1-27-16(18(19,20)21)25-26-17(27)29-11-15(28)22-12-7-9-14(10-8-12)24-23-13-5-3-2-4-6-13/h2-10H,11H2,1H3,(H,22,28). The summed E-state index contributed by atoms with van der Waals surface area (Å²) in [5.41, 5.74) is 1.86. The van der Waals surface area contributed by atoms with Crippen LogP contribution in [0.3, 0.4) is 0 Å². The number of halogens is 3. The van der Waals surface area contributed by atoms with Crippen molar-refractivity contribution in [2.75, 3.05) is 11.1 Å². The SMILES string of the molecule is Cn1c(SCC(=O)Nc2ccc(N=Nc3ccccc3)cc2)nnc1C(F)(F)F. The summed E-state index contributed by atoms with van der Waals surface area (Å²) in [6.07, 6.45) is -4.59. The third kappa shape index (κ3) is 5.64. The van der Waals surface area contributed by atoms with E-state index in [1.807, 2.05) is 30.3 Å². The molecule has 3 rings (SSSR count). The molecule has 3 aromatic rings. The average molecular weight is 420 g/mol. The summed E-state index contributed by atoms with van der Waals surface area (Å²) < 4.78 is 38.9. The number of rotatable bonds is 6. The second-order valence-corrected chi connectivity index (χ2v) is 6.72. The third-order valence-electron chi connectivity index (χ3n) is 3.61. The molecule has 11 heteroatoms. The Labute approximate surface area is 168 Å². The number of thioether (sulfide) groups is 1. The van der Waals surface area contributed by atoms with Crippen LogP contribution in [0.25, 0.3) is 0 Å². The van der Waals surface area contributed by atoms with Crippen molar-refractivity contribution < 1.29 is 18.0 Å². The van der Waals surface area contributed by atoms with Gasteiger partial charge < -0.3 is 9.88 Å². The maximum absolute atomic E-state index is 12.7. The van der Waals surface area contributed by atoms with Gasteiger partial charge in [-0.05, 0) is 36.4 Å². The van der Waals surface area contributed by atoms with Crippen LogP contribution in [-0.2, 0) is 18.0 Å². The number of carbonyl (C=O) groups excluding carboxylic acids is 1. The van der Waals surface area contributed by atoms with Gasteiger partial charge in [0.15, 0.2) is 5.16 Å². The zero-order valence-corrected chi connectivity index (χ0v) is 15.9. The van der Waals surface area contributed by atoms with Crippen molar-refractivity contribution in [3.8, 4) is 0 Å². The molecule has 0 saturated carbocycles. The molecule has 0 aliphatic rings. The fraction of sp³-hybridized carbons (Fsp3) is 0.167. The van der Waals surface area contributed by atoms with Crippen LogP contribution in [0.15, 0.2) is 70.0 Å². The Kier molecular flexibility index (Phi) is 6.27. The van der Waals surface area contributed by atoms with Gasteiger partial charge in [0, 0.05) is 12.7 Å². The minimum absolute atomic E-state index is 0.00384. The van der Waals surface area contributed by atoms with E-state index in [2.05, 4.69) is 25.7 Å². The van der Waals surface area contributed by atoms with E-state index in [-0.39, 0.29) is 16.8 Å². The normalized spacial score (nSPS) is 11.7. The average Bonchev–Trinajstić information content (AvgIpc) is 3.07. The molecule has 2 aromatic carbocycles. The summed E-state index contributed by atoms with van der Waals surface area (Å²) in [5, 5.41) is 17.4. The molecule has 1 N–H and O–H groups in total. The minimum Gasteiger partial charge on any atom is -0.325 e. The van der Waals surface area contributed by atoms with Gasteiger partial charge in [-0.15, -0.1) is 10.2 Å². The molecular weight excluding hydrogens is 405 g/mol. The Balaban J connectivity index is 1.53. The van der Waals surface area contributed by atoms with Gasteiger partial charge in [-0.25, -0.2) is 0 Å². The zero-order chi connectivity index (χ0) is 20.9. The molecule has 0 unspecified atom stereocenters. The molecule has 1 heterocycles. The van der Waals surface area contributed by atoms with Crippen LogP contribution in [-0.4, -0.2) is 26.4 Å². The Morgan fingerprint density at radius 3 is 2.24 bits per heavy atom. The van der Waals surface area contributed by atoms with Crippen LogP contribution in [0, 0.1) is 0 Å². The Morgan fingerprint density at radius 1 is 1.03 bits per heavy atom. The highest BCUT2D eigenvalue weighted by Gasteiger charge is 2.37. The number of carbonyl (C=O) groups is 1. The number of nitrogens with zero attached hydrogens (tertiary/aromatic N) is 5. The third-order valence-corrected chi connectivity index (χ3v) is 4.63. The van der Waals surface area contributed by atoms with E-state index in [1.54, 1.807) is 24.3 Å². The van der Waals surface area contributed by atoms with E-state index in [0.717, 1.165) is 22.0 Å². The van der Waals surface area contributed by atoms with Crippen LogP contribution in [0.1, 0.15) is 5.82 Å². The lowest BCUT2D eigenvalue weighted by Gasteiger charge is -2.07. The maximum atomic E-state index is 12.7. The van der Waals surface area contributed by atoms with E-state index < -0.39 is 12.0 Å². The van der Waals surface area contributed by atoms with Crippen molar-refractivity contribution >= 4 is 34.7 Å². The monoisotopic (exact) mass is 420 g/mol. The first-order valence-corrected chi connectivity index (χ1v) is 9.27. The molecule has 0 aliphatic carbocycles. The molecule has 0 spiro atoms. The van der Waals surface area contributed by atoms with Gasteiger partial charge >= 0.3 is 6.18 Å². The van der Waals surface area contributed by atoms with Gasteiger partial charge in [0.25, 0.3) is 0 Å². The van der Waals surface area contributed by atoms with Crippen LogP contribution in [0.4, 0.5) is 30.2 Å². The number of alkyl halides is 3. The number of benzene rings is 2. The topological polar surface area (TPSA) is 84.5 Å². The molecule has 1 amide bonds. The summed E-state index contributed by atoms with van der Waals surface area (Å²) in [5.74, 6) is -1.61. The van der Waals surface area contributed by atoms with Crippen molar-refractivity contribution in [2.24, 2.45) is 17.3 Å². The van der Waals surface area contributed by atoms with Gasteiger partial charge in [-0.1, -0.05) is 30.0 Å². The van der Waals surface area contributed by atoms with Crippen LogP contribution in [0.2, 0.25) is 0 Å². The molecule has 0 bridgehead atoms. The molecule has 0 fully saturated rings. The Bertz CT molecular complexity index is 1000. The van der Waals surface area contributed by atoms with Crippen molar-refractivity contribution in [3.05, 3.63) is 60.4 Å². The smallest absolute Gasteiger partial charge is 0.325 e. The van der Waals surface area contributed by atoms with E-state index in [9.17, 15) is 18.0 Å². The Hall–Kier alpha value is -3.21. The summed E-state index contributed by atoms with van der Waals surface area (Å²) in [7, 11) is 1.20. The fourth-order valence-electron chi connectivity index (χ4n) is 2.24. The highest BCUT2D eigenvalue weighted by molar-refractivity contribution is 7.99. The zero-order valence-electron chi connectivity index (χ0n) is 15.1. The number of aromatic nitrogens is 3. The largest absolute Gasteiger partial charge is 0.451 e. The van der Waals surface area contributed by atoms with Crippen molar-refractivity contribution in [1.29, 1.82) is 0 Å². The maximum Gasteiger partial charge on any atom is 0.451 e. The number of hydrogen-bond donors (Lipinski definition) is 1. The van der Waals surface area contributed by atoms with Gasteiger partial charge in [-0.3, -0.25) is 4.79 Å². The number of hydrogen-bond acceptors (Lipinski definition) is 6. The number of anilines is 1. The molecule has 0 aliphatic heterocycles. The summed E-state index contributed by atoms with van der Waals surface area (Å²) in [6.45, 7) is 0. The van der Waals surface area contributed by atoms with Crippen LogP contribution < -0.4 is 5.32 Å². The Morgan fingerprint density at radius 2 is 1.66 bits per heavy atom. The van der Waals surface area contributed by atoms with Crippen LogP contribution in [0.5, 0.6) is 0 Å². The molecule has 150 valence electrons. The molecule has 1 aromatic heterocycles. The predicted molar refractivity (Wildman–Crippen MR) is 102 cm³/mol. The fourth-order valence-corrected chi connectivity index (χ4v) is 2.95. The van der Waals surface area contributed by atoms with Gasteiger partial charge in [-0.2, -0.15) is 23.4 Å². The van der Waals surface area contributed by atoms with Crippen molar-refractivity contribution in [3.63, 3.8) is 0 Å². The van der Waals surface area contributed by atoms with Gasteiger partial charge in [0.05, 0.1) is 17.1 Å². The van der Waals surface area contributed by atoms with Crippen molar-refractivity contribution in [1.82, 2.24) is 14.8 Å². The number of nitrogens with one attached hydrogen (secondary N) is 1. The van der Waals surface area contributed by atoms with Crippen molar-refractivity contribution in [2.45, 2.75) is 11.3 Å². The lowest BCUT2D eigenvalue weighted by atomic mass is 10.3. The number of amides is 1. The molecule has 0 radical (unpaired) electrons. The highest BCUT2D eigenvalue weighted by atomic mass is 32.2. The first kappa shape index (κ1) is 20.5.